The van der Waals surface area contributed by atoms with Gasteiger partial charge in [0.25, 0.3) is 0 Å². The third-order valence-electron chi connectivity index (χ3n) is 3.28. The fourth-order valence-electron chi connectivity index (χ4n) is 2.17. The van der Waals surface area contributed by atoms with E-state index in [0.29, 0.717) is 39.5 Å². The first-order chi connectivity index (χ1) is 12.9. The van der Waals surface area contributed by atoms with Crippen molar-refractivity contribution in [1.29, 1.82) is 0 Å². The van der Waals surface area contributed by atoms with Gasteiger partial charge in [-0.15, -0.1) is 0 Å². The first-order valence-electron chi connectivity index (χ1n) is 9.78. The van der Waals surface area contributed by atoms with E-state index in [4.69, 9.17) is 28.7 Å². The molecule has 0 spiro atoms. The van der Waals surface area contributed by atoms with E-state index < -0.39 is 0 Å². The lowest BCUT2D eigenvalue weighted by Gasteiger charge is -2.14. The van der Waals surface area contributed by atoms with Gasteiger partial charge >= 0.3 is 0 Å². The lowest BCUT2D eigenvalue weighted by Crippen LogP contribution is -2.12. The maximum Gasteiger partial charge on any atom is 0.123 e. The lowest BCUT2D eigenvalue weighted by atomic mass is 10.1. The predicted molar refractivity (Wildman–Crippen MR) is 105 cm³/mol. The average Bonchev–Trinajstić information content (AvgIpc) is 2.59. The fraction of sp³-hybridized carbons (Fsp3) is 0.714. The molecule has 0 atom stereocenters. The van der Waals surface area contributed by atoms with Crippen molar-refractivity contribution in [3.05, 3.63) is 23.8 Å². The first kappa shape index (κ1) is 23.7. The van der Waals surface area contributed by atoms with Crippen molar-refractivity contribution in [1.82, 2.24) is 0 Å². The molecule has 6 heteroatoms. The van der Waals surface area contributed by atoms with Gasteiger partial charge in [0.1, 0.15) is 24.7 Å². The van der Waals surface area contributed by atoms with Gasteiger partial charge in [-0.25, -0.2) is 9.78 Å². The van der Waals surface area contributed by atoms with E-state index >= 15 is 0 Å². The second kappa shape index (κ2) is 13.8. The van der Waals surface area contributed by atoms with E-state index in [1.54, 1.807) is 0 Å². The van der Waals surface area contributed by atoms with E-state index in [0.717, 1.165) is 17.1 Å². The van der Waals surface area contributed by atoms with Gasteiger partial charge in [0.15, 0.2) is 0 Å². The Balaban J connectivity index is 2.60. The molecule has 0 aliphatic heterocycles. The molecule has 0 heterocycles. The second-order valence-corrected chi connectivity index (χ2v) is 7.07. The second-order valence-electron chi connectivity index (χ2n) is 7.07. The molecule has 1 rings (SSSR count). The van der Waals surface area contributed by atoms with Crippen LogP contribution in [0.1, 0.15) is 47.1 Å². The molecule has 0 saturated carbocycles. The topological polar surface area (TPSA) is 55.4 Å². The predicted octanol–water partition coefficient (Wildman–Crippen LogP) is 4.19. The molecule has 1 aromatic rings. The Bertz CT molecular complexity index is 418. The molecule has 0 radical (unpaired) electrons. The minimum absolute atomic E-state index is 0.0421. The van der Waals surface area contributed by atoms with Crippen molar-refractivity contribution in [2.45, 2.75) is 66.3 Å². The van der Waals surface area contributed by atoms with Crippen LogP contribution in [0, 0.1) is 0 Å². The molecule has 0 N–H and O–H groups in total. The summed E-state index contributed by atoms with van der Waals surface area (Å²) in [7, 11) is 0. The Kier molecular flexibility index (Phi) is 12.1. The number of rotatable bonds is 15. The van der Waals surface area contributed by atoms with Crippen LogP contribution in [0.25, 0.3) is 0 Å². The molecular weight excluding hydrogens is 348 g/mol. The summed E-state index contributed by atoms with van der Waals surface area (Å²) in [6.07, 6.45) is 1.13. The van der Waals surface area contributed by atoms with Crippen LogP contribution in [-0.4, -0.2) is 51.3 Å². The maximum absolute atomic E-state index is 5.82. The van der Waals surface area contributed by atoms with Gasteiger partial charge in [-0.2, -0.15) is 0 Å². The highest BCUT2D eigenvalue weighted by molar-refractivity contribution is 5.38. The summed E-state index contributed by atoms with van der Waals surface area (Å²) >= 11 is 0. The molecule has 156 valence electrons. The number of benzene rings is 1. The van der Waals surface area contributed by atoms with E-state index in [2.05, 4.69) is 0 Å². The highest BCUT2D eigenvalue weighted by Crippen LogP contribution is 2.24. The van der Waals surface area contributed by atoms with Gasteiger partial charge in [0.2, 0.25) is 0 Å². The summed E-state index contributed by atoms with van der Waals surface area (Å²) in [6.45, 7) is 14.4. The summed E-state index contributed by atoms with van der Waals surface area (Å²) < 4.78 is 22.7. The molecule has 0 aliphatic carbocycles. The van der Waals surface area contributed by atoms with Gasteiger partial charge < -0.3 is 18.9 Å². The Morgan fingerprint density at radius 1 is 0.630 bits per heavy atom. The molecule has 0 fully saturated rings. The Morgan fingerprint density at radius 3 is 1.59 bits per heavy atom. The van der Waals surface area contributed by atoms with Crippen molar-refractivity contribution in [3.63, 3.8) is 0 Å². The number of ether oxygens (including phenoxy) is 4. The van der Waals surface area contributed by atoms with Gasteiger partial charge in [0, 0.05) is 6.07 Å². The molecule has 0 aliphatic rings. The molecule has 6 nitrogen and oxygen atoms in total. The molecule has 0 saturated heterocycles. The molecule has 0 unspecified atom stereocenters. The smallest absolute Gasteiger partial charge is 0.123 e. The van der Waals surface area contributed by atoms with Crippen molar-refractivity contribution < 1.29 is 28.7 Å². The summed E-state index contributed by atoms with van der Waals surface area (Å²) in [5.74, 6) is 1.51. The van der Waals surface area contributed by atoms with Crippen molar-refractivity contribution in [2.24, 2.45) is 0 Å². The SMILES string of the molecule is CC(C)OCCOc1cc(CCOOC(C)C)cc(OCCOC(C)C)c1. The normalized spacial score (nSPS) is 11.6. The standard InChI is InChI=1S/C21H36O6/c1-16(2)22-9-11-24-20-13-19(7-8-26-27-18(5)6)14-21(15-20)25-12-10-23-17(3)4/h13-18H,7-12H2,1-6H3. The van der Waals surface area contributed by atoms with Crippen LogP contribution in [0.2, 0.25) is 0 Å². The van der Waals surface area contributed by atoms with E-state index in [9.17, 15) is 0 Å². The van der Waals surface area contributed by atoms with Crippen LogP contribution < -0.4 is 9.47 Å². The zero-order chi connectivity index (χ0) is 20.1. The molecule has 0 bridgehead atoms. The average molecular weight is 385 g/mol. The Labute approximate surface area is 164 Å². The van der Waals surface area contributed by atoms with E-state index in [1.165, 1.54) is 0 Å². The highest BCUT2D eigenvalue weighted by atomic mass is 17.2. The van der Waals surface area contributed by atoms with E-state index in [-0.39, 0.29) is 18.3 Å². The highest BCUT2D eigenvalue weighted by Gasteiger charge is 2.06. The minimum Gasteiger partial charge on any atom is -0.491 e. The number of hydrogen-bond acceptors (Lipinski definition) is 6. The molecule has 1 aromatic carbocycles. The monoisotopic (exact) mass is 384 g/mol. The van der Waals surface area contributed by atoms with E-state index in [1.807, 2.05) is 59.7 Å². The first-order valence-corrected chi connectivity index (χ1v) is 9.78. The van der Waals surface area contributed by atoms with Crippen LogP contribution in [-0.2, 0) is 25.7 Å². The van der Waals surface area contributed by atoms with Gasteiger partial charge in [0.05, 0.1) is 38.1 Å². The van der Waals surface area contributed by atoms with Crippen LogP contribution in [0.5, 0.6) is 11.5 Å². The molecule has 0 amide bonds. The third kappa shape index (κ3) is 12.6. The Morgan fingerprint density at radius 2 is 1.15 bits per heavy atom. The number of hydrogen-bond donors (Lipinski definition) is 0. The van der Waals surface area contributed by atoms with Crippen LogP contribution in [0.3, 0.4) is 0 Å². The summed E-state index contributed by atoms with van der Waals surface area (Å²) in [5, 5.41) is 0. The third-order valence-corrected chi connectivity index (χ3v) is 3.28. The molecule has 27 heavy (non-hydrogen) atoms. The summed E-state index contributed by atoms with van der Waals surface area (Å²) in [5.41, 5.74) is 1.06. The van der Waals surface area contributed by atoms with Gasteiger partial charge in [-0.1, -0.05) is 0 Å². The lowest BCUT2D eigenvalue weighted by molar-refractivity contribution is -0.316. The van der Waals surface area contributed by atoms with Crippen molar-refractivity contribution in [2.75, 3.05) is 33.0 Å². The minimum atomic E-state index is 0.0421. The van der Waals surface area contributed by atoms with Crippen molar-refractivity contribution >= 4 is 0 Å². The molecular formula is C21H36O6. The quantitative estimate of drug-likeness (QED) is 0.257. The molecule has 0 aromatic heterocycles. The van der Waals surface area contributed by atoms with Gasteiger partial charge in [-0.05, 0) is 65.7 Å². The zero-order valence-electron chi connectivity index (χ0n) is 17.7. The fourth-order valence-corrected chi connectivity index (χ4v) is 2.17. The van der Waals surface area contributed by atoms with Crippen LogP contribution >= 0.6 is 0 Å². The Hall–Kier alpha value is -1.34. The van der Waals surface area contributed by atoms with Crippen LogP contribution in [0.15, 0.2) is 18.2 Å². The van der Waals surface area contributed by atoms with Crippen LogP contribution in [0.4, 0.5) is 0 Å². The zero-order valence-corrected chi connectivity index (χ0v) is 17.7. The van der Waals surface area contributed by atoms with Crippen molar-refractivity contribution in [3.8, 4) is 11.5 Å². The maximum atomic E-state index is 5.82. The largest absolute Gasteiger partial charge is 0.491 e. The van der Waals surface area contributed by atoms with Gasteiger partial charge in [-0.3, -0.25) is 0 Å². The summed E-state index contributed by atoms with van der Waals surface area (Å²) in [6, 6.07) is 5.87. The summed E-state index contributed by atoms with van der Waals surface area (Å²) in [4.78, 5) is 10.3.